The lowest BCUT2D eigenvalue weighted by molar-refractivity contribution is -0.144. The minimum absolute atomic E-state index is 0.0577. The number of thiazole rings is 2. The fourth-order valence-corrected chi connectivity index (χ4v) is 6.70. The molecule has 196 valence electrons. The summed E-state index contributed by atoms with van der Waals surface area (Å²) in [6.45, 7) is 4.52. The fraction of sp³-hybridized carbons (Fsp3) is 0.320. The van der Waals surface area contributed by atoms with Crippen LogP contribution in [0.5, 0.6) is 0 Å². The van der Waals surface area contributed by atoms with E-state index in [9.17, 15) is 18.0 Å². The van der Waals surface area contributed by atoms with Gasteiger partial charge in [-0.05, 0) is 26.7 Å². The molecule has 8 nitrogen and oxygen atoms in total. The SMILES string of the molecule is Cc1onc(-c2ccccc2)c1-c1csc(C2CCN(C(=O)c3sc4nc(C(F)(F)F)nn4c3C)CC2)n1. The number of nitrogens with zero attached hydrogens (tertiary/aromatic N) is 6. The Labute approximate surface area is 222 Å². The van der Waals surface area contributed by atoms with E-state index in [1.807, 2.05) is 42.6 Å². The molecule has 1 amide bonds. The zero-order chi connectivity index (χ0) is 26.6. The van der Waals surface area contributed by atoms with Crippen LogP contribution in [0.1, 0.15) is 50.7 Å². The molecule has 0 radical (unpaired) electrons. The third-order valence-corrected chi connectivity index (χ3v) is 8.81. The summed E-state index contributed by atoms with van der Waals surface area (Å²) in [5, 5.41) is 10.8. The average molecular weight is 559 g/mol. The molecule has 0 saturated carbocycles. The topological polar surface area (TPSA) is 89.4 Å². The average Bonchev–Trinajstić information content (AvgIpc) is 3.68. The highest BCUT2D eigenvalue weighted by molar-refractivity contribution is 7.19. The lowest BCUT2D eigenvalue weighted by Crippen LogP contribution is -2.37. The lowest BCUT2D eigenvalue weighted by Gasteiger charge is -2.30. The van der Waals surface area contributed by atoms with Crippen molar-refractivity contribution in [3.8, 4) is 22.5 Å². The Morgan fingerprint density at radius 3 is 2.53 bits per heavy atom. The first-order valence-electron chi connectivity index (χ1n) is 11.9. The minimum atomic E-state index is -4.63. The van der Waals surface area contributed by atoms with E-state index < -0.39 is 12.0 Å². The van der Waals surface area contributed by atoms with Gasteiger partial charge in [0.05, 0.1) is 22.0 Å². The molecule has 0 spiro atoms. The van der Waals surface area contributed by atoms with E-state index in [4.69, 9.17) is 9.51 Å². The van der Waals surface area contributed by atoms with Crippen molar-refractivity contribution in [3.05, 3.63) is 62.9 Å². The molecule has 5 heterocycles. The van der Waals surface area contributed by atoms with Crippen LogP contribution in [0.15, 0.2) is 40.2 Å². The van der Waals surface area contributed by atoms with Crippen molar-refractivity contribution in [2.75, 3.05) is 13.1 Å². The van der Waals surface area contributed by atoms with E-state index >= 15 is 0 Å². The normalized spacial score (nSPS) is 15.0. The second kappa shape index (κ2) is 9.31. The molecular weight excluding hydrogens is 537 g/mol. The number of likely N-dealkylation sites (tertiary alicyclic amines) is 1. The molecule has 0 aliphatic carbocycles. The van der Waals surface area contributed by atoms with Gasteiger partial charge in [-0.2, -0.15) is 18.2 Å². The van der Waals surface area contributed by atoms with Gasteiger partial charge in [-0.15, -0.1) is 16.4 Å². The Kier molecular flexibility index (Phi) is 6.06. The van der Waals surface area contributed by atoms with Crippen LogP contribution in [0, 0.1) is 13.8 Å². The first-order valence-corrected chi connectivity index (χ1v) is 13.6. The zero-order valence-corrected chi connectivity index (χ0v) is 22.0. The molecule has 1 aliphatic heterocycles. The Morgan fingerprint density at radius 1 is 1.11 bits per heavy atom. The molecule has 0 bridgehead atoms. The van der Waals surface area contributed by atoms with Crippen molar-refractivity contribution in [3.63, 3.8) is 0 Å². The molecule has 0 atom stereocenters. The van der Waals surface area contributed by atoms with Crippen molar-refractivity contribution in [2.24, 2.45) is 0 Å². The second-order valence-corrected chi connectivity index (χ2v) is 11.0. The van der Waals surface area contributed by atoms with E-state index in [2.05, 4.69) is 15.2 Å². The second-order valence-electron chi connectivity index (χ2n) is 9.11. The molecule has 38 heavy (non-hydrogen) atoms. The van der Waals surface area contributed by atoms with E-state index in [1.165, 1.54) is 0 Å². The number of fused-ring (bicyclic) bond motifs is 1. The summed E-state index contributed by atoms with van der Waals surface area (Å²) >= 11 is 2.52. The van der Waals surface area contributed by atoms with Gasteiger partial charge < -0.3 is 9.42 Å². The first kappa shape index (κ1) is 24.7. The third-order valence-electron chi connectivity index (χ3n) is 6.68. The zero-order valence-electron chi connectivity index (χ0n) is 20.3. The largest absolute Gasteiger partial charge is 0.453 e. The van der Waals surface area contributed by atoms with E-state index in [0.29, 0.717) is 29.4 Å². The number of aromatic nitrogens is 5. The van der Waals surface area contributed by atoms with Gasteiger partial charge in [0.2, 0.25) is 4.96 Å². The van der Waals surface area contributed by atoms with Crippen molar-refractivity contribution in [2.45, 2.75) is 38.8 Å². The molecule has 6 rings (SSSR count). The summed E-state index contributed by atoms with van der Waals surface area (Å²) in [7, 11) is 0. The predicted octanol–water partition coefficient (Wildman–Crippen LogP) is 6.22. The highest BCUT2D eigenvalue weighted by atomic mass is 32.1. The lowest BCUT2D eigenvalue weighted by atomic mass is 9.97. The molecule has 1 saturated heterocycles. The number of piperidine rings is 1. The van der Waals surface area contributed by atoms with Crippen molar-refractivity contribution in [1.82, 2.24) is 29.6 Å². The van der Waals surface area contributed by atoms with Crippen molar-refractivity contribution < 1.29 is 22.5 Å². The molecule has 13 heteroatoms. The van der Waals surface area contributed by atoms with Crippen LogP contribution >= 0.6 is 22.7 Å². The highest BCUT2D eigenvalue weighted by Crippen LogP contribution is 2.38. The summed E-state index contributed by atoms with van der Waals surface area (Å²) in [4.78, 5) is 23.8. The Bertz CT molecular complexity index is 1630. The number of amides is 1. The number of rotatable bonds is 4. The highest BCUT2D eigenvalue weighted by Gasteiger charge is 2.37. The minimum Gasteiger partial charge on any atom is -0.360 e. The van der Waals surface area contributed by atoms with Gasteiger partial charge in [0.25, 0.3) is 11.7 Å². The standard InChI is InChI=1S/C25H21F3N6O2S2/c1-13-20(38-24-30-23(25(26,27)28)31-34(13)24)22(35)33-10-8-16(9-11-33)21-29-17(12-37-21)18-14(2)36-32-19(18)15-6-4-3-5-7-15/h3-7,12,16H,8-11H2,1-2H3. The number of hydrogen-bond acceptors (Lipinski definition) is 8. The molecule has 1 aromatic carbocycles. The predicted molar refractivity (Wildman–Crippen MR) is 136 cm³/mol. The quantitative estimate of drug-likeness (QED) is 0.260. The van der Waals surface area contributed by atoms with E-state index in [0.717, 1.165) is 56.2 Å². The number of alkyl halides is 3. The number of aryl methyl sites for hydroxylation is 2. The molecule has 4 aromatic heterocycles. The monoisotopic (exact) mass is 558 g/mol. The van der Waals surface area contributed by atoms with Crippen molar-refractivity contribution >= 4 is 33.5 Å². The first-order chi connectivity index (χ1) is 18.2. The maximum absolute atomic E-state index is 13.2. The molecule has 0 unspecified atom stereocenters. The number of benzene rings is 1. The molecular formula is C25H21F3N6O2S2. The van der Waals surface area contributed by atoms with Gasteiger partial charge in [0.1, 0.15) is 16.3 Å². The maximum Gasteiger partial charge on any atom is 0.453 e. The van der Waals surface area contributed by atoms with Crippen LogP contribution in [0.2, 0.25) is 0 Å². The molecule has 1 fully saturated rings. The summed E-state index contributed by atoms with van der Waals surface area (Å²) < 4.78 is 45.4. The number of carbonyl (C=O) groups excluding carboxylic acids is 1. The van der Waals surface area contributed by atoms with Gasteiger partial charge in [0, 0.05) is 30.0 Å². The van der Waals surface area contributed by atoms with E-state index in [1.54, 1.807) is 23.2 Å². The van der Waals surface area contributed by atoms with Crippen LogP contribution in [0.4, 0.5) is 13.2 Å². The van der Waals surface area contributed by atoms with Crippen LogP contribution in [0.25, 0.3) is 27.5 Å². The van der Waals surface area contributed by atoms with E-state index in [-0.39, 0.29) is 16.8 Å². The summed E-state index contributed by atoms with van der Waals surface area (Å²) in [5.41, 5.74) is 3.79. The van der Waals surface area contributed by atoms with Crippen LogP contribution in [0.3, 0.4) is 0 Å². The molecule has 1 aliphatic rings. The Hall–Kier alpha value is -3.58. The number of carbonyl (C=O) groups is 1. The Morgan fingerprint density at radius 2 is 1.84 bits per heavy atom. The van der Waals surface area contributed by atoms with Crippen LogP contribution < -0.4 is 0 Å². The third kappa shape index (κ3) is 4.29. The molecule has 5 aromatic rings. The van der Waals surface area contributed by atoms with Gasteiger partial charge in [0.15, 0.2) is 0 Å². The smallest absolute Gasteiger partial charge is 0.360 e. The summed E-state index contributed by atoms with van der Waals surface area (Å²) in [6, 6.07) is 9.83. The fourth-order valence-electron chi connectivity index (χ4n) is 4.69. The number of hydrogen-bond donors (Lipinski definition) is 0. The summed E-state index contributed by atoms with van der Waals surface area (Å²) in [5.74, 6) is -0.502. The molecule has 0 N–H and O–H groups in total. The van der Waals surface area contributed by atoms with Gasteiger partial charge in [-0.1, -0.05) is 46.8 Å². The maximum atomic E-state index is 13.2. The number of halogens is 3. The van der Waals surface area contributed by atoms with Crippen molar-refractivity contribution in [1.29, 1.82) is 0 Å². The van der Waals surface area contributed by atoms with Gasteiger partial charge in [-0.3, -0.25) is 4.79 Å². The van der Waals surface area contributed by atoms with Gasteiger partial charge >= 0.3 is 6.18 Å². The van der Waals surface area contributed by atoms with Gasteiger partial charge in [-0.25, -0.2) is 9.50 Å². The van der Waals surface area contributed by atoms with Crippen LogP contribution in [-0.4, -0.2) is 48.6 Å². The van der Waals surface area contributed by atoms with Crippen LogP contribution in [-0.2, 0) is 6.18 Å². The summed E-state index contributed by atoms with van der Waals surface area (Å²) in [6.07, 6.45) is -3.15. The Balaban J connectivity index is 1.16.